The Morgan fingerprint density at radius 1 is 1.10 bits per heavy atom. The maximum absolute atomic E-state index is 5.82. The number of ether oxygens (including phenoxy) is 1. The minimum absolute atomic E-state index is 0.641. The van der Waals surface area contributed by atoms with Gasteiger partial charge in [-0.2, -0.15) is 0 Å². The van der Waals surface area contributed by atoms with Crippen LogP contribution >= 0.6 is 0 Å². The standard InChI is InChI=1S/C18H21NO/c1-3-6-16-7-4-5-8-18(16)20-14-13-19-17-11-9-15(2)10-12-17/h3-5,7-12,19H,1,6,13-14H2,2H3. The lowest BCUT2D eigenvalue weighted by molar-refractivity contribution is 0.330. The van der Waals surface area contributed by atoms with E-state index >= 15 is 0 Å². The second kappa shape index (κ2) is 7.39. The quantitative estimate of drug-likeness (QED) is 0.599. The fourth-order valence-corrected chi connectivity index (χ4v) is 2.00. The summed E-state index contributed by atoms with van der Waals surface area (Å²) >= 11 is 0. The third kappa shape index (κ3) is 4.16. The number of nitrogens with one attached hydrogen (secondary N) is 1. The molecule has 0 saturated heterocycles. The molecule has 0 aliphatic carbocycles. The largest absolute Gasteiger partial charge is 0.491 e. The van der Waals surface area contributed by atoms with Gasteiger partial charge in [-0.05, 0) is 37.1 Å². The molecule has 0 bridgehead atoms. The van der Waals surface area contributed by atoms with Crippen LogP contribution in [0.15, 0.2) is 61.2 Å². The average Bonchev–Trinajstić information content (AvgIpc) is 2.47. The van der Waals surface area contributed by atoms with Crippen molar-refractivity contribution in [3.05, 3.63) is 72.3 Å². The molecule has 1 N–H and O–H groups in total. The third-order valence-corrected chi connectivity index (χ3v) is 3.08. The van der Waals surface area contributed by atoms with Crippen LogP contribution in [0.4, 0.5) is 5.69 Å². The number of rotatable bonds is 7. The van der Waals surface area contributed by atoms with E-state index in [2.05, 4.69) is 49.2 Å². The molecule has 0 fully saturated rings. The Morgan fingerprint density at radius 2 is 1.85 bits per heavy atom. The first kappa shape index (κ1) is 14.2. The summed E-state index contributed by atoms with van der Waals surface area (Å²) in [6, 6.07) is 16.5. The Kier molecular flexibility index (Phi) is 5.24. The van der Waals surface area contributed by atoms with E-state index in [9.17, 15) is 0 Å². The molecular weight excluding hydrogens is 246 g/mol. The fraction of sp³-hybridized carbons (Fsp3) is 0.222. The van der Waals surface area contributed by atoms with Gasteiger partial charge in [-0.1, -0.05) is 42.0 Å². The highest BCUT2D eigenvalue weighted by Gasteiger charge is 2.00. The number of benzene rings is 2. The van der Waals surface area contributed by atoms with E-state index in [-0.39, 0.29) is 0 Å². The van der Waals surface area contributed by atoms with Crippen molar-refractivity contribution in [3.63, 3.8) is 0 Å². The molecule has 0 aromatic heterocycles. The smallest absolute Gasteiger partial charge is 0.122 e. The predicted octanol–water partition coefficient (Wildman–Crippen LogP) is 4.21. The van der Waals surface area contributed by atoms with Crippen LogP contribution in [0.3, 0.4) is 0 Å². The van der Waals surface area contributed by atoms with E-state index in [0.717, 1.165) is 24.4 Å². The monoisotopic (exact) mass is 267 g/mol. The van der Waals surface area contributed by atoms with Crippen molar-refractivity contribution < 1.29 is 4.74 Å². The number of hydrogen-bond donors (Lipinski definition) is 1. The first-order valence-corrected chi connectivity index (χ1v) is 6.92. The lowest BCUT2D eigenvalue weighted by Crippen LogP contribution is -2.12. The predicted molar refractivity (Wildman–Crippen MR) is 85.5 cm³/mol. The molecule has 0 unspecified atom stereocenters. The summed E-state index contributed by atoms with van der Waals surface area (Å²) in [6.45, 7) is 7.28. The number of hydrogen-bond acceptors (Lipinski definition) is 2. The van der Waals surface area contributed by atoms with E-state index in [1.165, 1.54) is 11.1 Å². The lowest BCUT2D eigenvalue weighted by atomic mass is 10.1. The van der Waals surface area contributed by atoms with Crippen molar-refractivity contribution in [1.82, 2.24) is 0 Å². The molecule has 0 aliphatic rings. The number of para-hydroxylation sites is 1. The summed E-state index contributed by atoms with van der Waals surface area (Å²) in [5, 5.41) is 3.35. The molecule has 0 atom stereocenters. The second-order valence-corrected chi connectivity index (χ2v) is 4.74. The molecule has 0 heterocycles. The van der Waals surface area contributed by atoms with Gasteiger partial charge in [0.15, 0.2) is 0 Å². The van der Waals surface area contributed by atoms with E-state index in [4.69, 9.17) is 4.74 Å². The van der Waals surface area contributed by atoms with Crippen LogP contribution in [0, 0.1) is 6.92 Å². The van der Waals surface area contributed by atoms with Gasteiger partial charge in [0.25, 0.3) is 0 Å². The summed E-state index contributed by atoms with van der Waals surface area (Å²) < 4.78 is 5.82. The van der Waals surface area contributed by atoms with Gasteiger partial charge in [0, 0.05) is 12.2 Å². The van der Waals surface area contributed by atoms with Crippen LogP contribution in [0.5, 0.6) is 5.75 Å². The van der Waals surface area contributed by atoms with Gasteiger partial charge in [-0.15, -0.1) is 6.58 Å². The van der Waals surface area contributed by atoms with Gasteiger partial charge >= 0.3 is 0 Å². The third-order valence-electron chi connectivity index (χ3n) is 3.08. The Hall–Kier alpha value is -2.22. The molecule has 0 spiro atoms. The zero-order valence-corrected chi connectivity index (χ0v) is 11.9. The summed E-state index contributed by atoms with van der Waals surface area (Å²) in [5.41, 5.74) is 3.57. The highest BCUT2D eigenvalue weighted by Crippen LogP contribution is 2.18. The first-order valence-electron chi connectivity index (χ1n) is 6.92. The molecule has 2 aromatic rings. The van der Waals surface area contributed by atoms with Crippen molar-refractivity contribution in [2.75, 3.05) is 18.5 Å². The minimum atomic E-state index is 0.641. The van der Waals surface area contributed by atoms with Crippen LogP contribution in [0.1, 0.15) is 11.1 Å². The van der Waals surface area contributed by atoms with Gasteiger partial charge in [0.05, 0.1) is 0 Å². The molecule has 104 valence electrons. The summed E-state index contributed by atoms with van der Waals surface area (Å²) in [7, 11) is 0. The number of allylic oxidation sites excluding steroid dienone is 1. The van der Waals surface area contributed by atoms with Crippen molar-refractivity contribution in [2.24, 2.45) is 0 Å². The molecule has 20 heavy (non-hydrogen) atoms. The SMILES string of the molecule is C=CCc1ccccc1OCCNc1ccc(C)cc1. The molecule has 2 nitrogen and oxygen atoms in total. The highest BCUT2D eigenvalue weighted by atomic mass is 16.5. The molecule has 2 aromatic carbocycles. The molecule has 2 rings (SSSR count). The highest BCUT2D eigenvalue weighted by molar-refractivity contribution is 5.44. The Labute approximate surface area is 121 Å². The van der Waals surface area contributed by atoms with E-state index in [0.29, 0.717) is 6.61 Å². The normalized spacial score (nSPS) is 10.1. The molecule has 0 amide bonds. The fourth-order valence-electron chi connectivity index (χ4n) is 2.00. The van der Waals surface area contributed by atoms with E-state index in [1.807, 2.05) is 24.3 Å². The van der Waals surface area contributed by atoms with Gasteiger partial charge in [0.1, 0.15) is 12.4 Å². The molecule has 0 radical (unpaired) electrons. The van der Waals surface area contributed by atoms with Crippen molar-refractivity contribution in [3.8, 4) is 5.75 Å². The summed E-state index contributed by atoms with van der Waals surface area (Å²) in [4.78, 5) is 0. The Balaban J connectivity index is 1.81. The number of anilines is 1. The molecular formula is C18H21NO. The van der Waals surface area contributed by atoms with Crippen LogP contribution < -0.4 is 10.1 Å². The van der Waals surface area contributed by atoms with Gasteiger partial charge in [-0.25, -0.2) is 0 Å². The summed E-state index contributed by atoms with van der Waals surface area (Å²) in [6.07, 6.45) is 2.73. The van der Waals surface area contributed by atoms with Gasteiger partial charge in [0.2, 0.25) is 0 Å². The Bertz CT molecular complexity index is 546. The van der Waals surface area contributed by atoms with Crippen LogP contribution in [0.2, 0.25) is 0 Å². The molecule has 0 aliphatic heterocycles. The first-order chi connectivity index (χ1) is 9.79. The average molecular weight is 267 g/mol. The molecule has 0 saturated carbocycles. The topological polar surface area (TPSA) is 21.3 Å². The summed E-state index contributed by atoms with van der Waals surface area (Å²) in [5.74, 6) is 0.943. The second-order valence-electron chi connectivity index (χ2n) is 4.74. The number of aryl methyl sites for hydroxylation is 1. The van der Waals surface area contributed by atoms with Crippen LogP contribution in [0.25, 0.3) is 0 Å². The maximum Gasteiger partial charge on any atom is 0.122 e. The van der Waals surface area contributed by atoms with E-state index < -0.39 is 0 Å². The van der Waals surface area contributed by atoms with Crippen molar-refractivity contribution >= 4 is 5.69 Å². The van der Waals surface area contributed by atoms with Gasteiger partial charge < -0.3 is 10.1 Å². The van der Waals surface area contributed by atoms with Crippen LogP contribution in [-0.4, -0.2) is 13.2 Å². The zero-order chi connectivity index (χ0) is 14.2. The maximum atomic E-state index is 5.82. The van der Waals surface area contributed by atoms with Crippen molar-refractivity contribution in [2.45, 2.75) is 13.3 Å². The minimum Gasteiger partial charge on any atom is -0.491 e. The van der Waals surface area contributed by atoms with Gasteiger partial charge in [-0.3, -0.25) is 0 Å². The van der Waals surface area contributed by atoms with E-state index in [1.54, 1.807) is 0 Å². The zero-order valence-electron chi connectivity index (χ0n) is 11.9. The molecule has 2 heteroatoms. The lowest BCUT2D eigenvalue weighted by Gasteiger charge is -2.11. The Morgan fingerprint density at radius 3 is 2.60 bits per heavy atom. The van der Waals surface area contributed by atoms with Crippen molar-refractivity contribution in [1.29, 1.82) is 0 Å². The van der Waals surface area contributed by atoms with Crippen LogP contribution in [-0.2, 0) is 6.42 Å².